The molecule has 1 aliphatic rings. The number of pyridine rings is 1. The van der Waals surface area contributed by atoms with Crippen LogP contribution in [0.25, 0.3) is 0 Å². The average Bonchev–Trinajstić information content (AvgIpc) is 2.49. The summed E-state index contributed by atoms with van der Waals surface area (Å²) < 4.78 is 11.1. The molecule has 1 fully saturated rings. The summed E-state index contributed by atoms with van der Waals surface area (Å²) in [6.07, 6.45) is 5.26. The van der Waals surface area contributed by atoms with Gasteiger partial charge in [-0.2, -0.15) is 0 Å². The Labute approximate surface area is 115 Å². The highest BCUT2D eigenvalue weighted by molar-refractivity contribution is 5.30. The van der Waals surface area contributed by atoms with Crippen LogP contribution >= 0.6 is 0 Å². The average molecular weight is 264 g/mol. The van der Waals surface area contributed by atoms with E-state index < -0.39 is 0 Å². The van der Waals surface area contributed by atoms with E-state index in [2.05, 4.69) is 17.2 Å². The Morgan fingerprint density at radius 3 is 3.16 bits per heavy atom. The van der Waals surface area contributed by atoms with Crippen LogP contribution in [0.5, 0.6) is 5.75 Å². The van der Waals surface area contributed by atoms with Crippen molar-refractivity contribution in [3.05, 3.63) is 24.0 Å². The van der Waals surface area contributed by atoms with Gasteiger partial charge in [0.25, 0.3) is 0 Å². The van der Waals surface area contributed by atoms with E-state index in [1.807, 2.05) is 18.3 Å². The molecule has 1 aromatic rings. The Morgan fingerprint density at radius 2 is 2.47 bits per heavy atom. The lowest BCUT2D eigenvalue weighted by molar-refractivity contribution is 0.0380. The topological polar surface area (TPSA) is 43.4 Å². The maximum atomic E-state index is 5.63. The molecule has 1 aromatic heterocycles. The number of rotatable bonds is 6. The smallest absolute Gasteiger partial charge is 0.141 e. The van der Waals surface area contributed by atoms with Crippen LogP contribution < -0.4 is 10.1 Å². The van der Waals surface area contributed by atoms with Crippen LogP contribution in [0.1, 0.15) is 37.9 Å². The van der Waals surface area contributed by atoms with Crippen molar-refractivity contribution in [3.63, 3.8) is 0 Å². The van der Waals surface area contributed by atoms with Crippen LogP contribution in [0.15, 0.2) is 18.3 Å². The lowest BCUT2D eigenvalue weighted by atomic mass is 9.90. The molecule has 2 atom stereocenters. The zero-order valence-corrected chi connectivity index (χ0v) is 11.9. The van der Waals surface area contributed by atoms with E-state index in [9.17, 15) is 0 Å². The van der Waals surface area contributed by atoms with Crippen molar-refractivity contribution in [2.24, 2.45) is 5.92 Å². The molecule has 0 bridgehead atoms. The second-order valence-corrected chi connectivity index (χ2v) is 5.00. The van der Waals surface area contributed by atoms with Gasteiger partial charge in [0.05, 0.1) is 25.5 Å². The number of nitrogens with zero attached hydrogens (tertiary/aromatic N) is 1. The summed E-state index contributed by atoms with van der Waals surface area (Å²) in [5.74, 6) is 1.34. The molecule has 4 nitrogen and oxygen atoms in total. The minimum atomic E-state index is 0.219. The van der Waals surface area contributed by atoms with Gasteiger partial charge in [0, 0.05) is 18.7 Å². The SMILES string of the molecule is CCCNC(c1ncccc1OC)C1CCCOC1. The largest absolute Gasteiger partial charge is 0.495 e. The summed E-state index contributed by atoms with van der Waals surface area (Å²) in [7, 11) is 1.70. The Hall–Kier alpha value is -1.13. The van der Waals surface area contributed by atoms with Crippen LogP contribution in [-0.2, 0) is 4.74 Å². The van der Waals surface area contributed by atoms with Gasteiger partial charge in [-0.1, -0.05) is 6.92 Å². The molecular formula is C15H24N2O2. The Morgan fingerprint density at radius 1 is 1.58 bits per heavy atom. The number of hydrogen-bond donors (Lipinski definition) is 1. The highest BCUT2D eigenvalue weighted by Gasteiger charge is 2.28. The van der Waals surface area contributed by atoms with Crippen LogP contribution in [0.3, 0.4) is 0 Å². The first-order valence-corrected chi connectivity index (χ1v) is 7.16. The quantitative estimate of drug-likeness (QED) is 0.857. The highest BCUT2D eigenvalue weighted by Crippen LogP contribution is 2.32. The Kier molecular flexibility index (Phi) is 5.61. The molecule has 4 heteroatoms. The first kappa shape index (κ1) is 14.3. The monoisotopic (exact) mass is 264 g/mol. The number of nitrogens with one attached hydrogen (secondary N) is 1. The third kappa shape index (κ3) is 3.67. The maximum absolute atomic E-state index is 5.63. The van der Waals surface area contributed by atoms with Crippen molar-refractivity contribution in [1.29, 1.82) is 0 Å². The molecule has 2 rings (SSSR count). The molecule has 106 valence electrons. The summed E-state index contributed by atoms with van der Waals surface area (Å²) in [5, 5.41) is 3.61. The van der Waals surface area contributed by atoms with E-state index in [-0.39, 0.29) is 6.04 Å². The van der Waals surface area contributed by atoms with Gasteiger partial charge in [0.1, 0.15) is 5.75 Å². The molecule has 0 saturated carbocycles. The molecule has 0 amide bonds. The first-order valence-electron chi connectivity index (χ1n) is 7.16. The summed E-state index contributed by atoms with van der Waals surface area (Å²) in [4.78, 5) is 4.53. The fraction of sp³-hybridized carbons (Fsp3) is 0.667. The van der Waals surface area contributed by atoms with Gasteiger partial charge in [0.15, 0.2) is 0 Å². The van der Waals surface area contributed by atoms with Crippen molar-refractivity contribution < 1.29 is 9.47 Å². The fourth-order valence-electron chi connectivity index (χ4n) is 2.62. The molecule has 0 aliphatic carbocycles. The molecule has 1 saturated heterocycles. The lowest BCUT2D eigenvalue weighted by Crippen LogP contribution is -2.34. The molecule has 2 unspecified atom stereocenters. The van der Waals surface area contributed by atoms with E-state index in [1.54, 1.807) is 7.11 Å². The second kappa shape index (κ2) is 7.46. The second-order valence-electron chi connectivity index (χ2n) is 5.00. The van der Waals surface area contributed by atoms with E-state index >= 15 is 0 Å². The lowest BCUT2D eigenvalue weighted by Gasteiger charge is -2.31. The third-order valence-corrected chi connectivity index (χ3v) is 3.60. The van der Waals surface area contributed by atoms with Gasteiger partial charge < -0.3 is 14.8 Å². The number of aromatic nitrogens is 1. The van der Waals surface area contributed by atoms with Gasteiger partial charge in [-0.15, -0.1) is 0 Å². The van der Waals surface area contributed by atoms with Crippen molar-refractivity contribution in [2.75, 3.05) is 26.9 Å². The minimum Gasteiger partial charge on any atom is -0.495 e. The Balaban J connectivity index is 2.19. The van der Waals surface area contributed by atoms with Crippen molar-refractivity contribution in [2.45, 2.75) is 32.2 Å². The first-order chi connectivity index (χ1) is 9.36. The molecule has 1 aliphatic heterocycles. The number of ether oxygens (including phenoxy) is 2. The summed E-state index contributed by atoms with van der Waals surface area (Å²) >= 11 is 0. The van der Waals surface area contributed by atoms with Gasteiger partial charge in [-0.05, 0) is 37.9 Å². The highest BCUT2D eigenvalue weighted by atomic mass is 16.5. The maximum Gasteiger partial charge on any atom is 0.141 e. The van der Waals surface area contributed by atoms with Crippen molar-refractivity contribution >= 4 is 0 Å². The number of hydrogen-bond acceptors (Lipinski definition) is 4. The zero-order chi connectivity index (χ0) is 13.5. The van der Waals surface area contributed by atoms with E-state index in [0.717, 1.165) is 44.0 Å². The standard InChI is InChI=1S/C15H24N2O2/c1-3-8-16-14(12-6-5-10-19-11-12)15-13(18-2)7-4-9-17-15/h4,7,9,12,14,16H,3,5-6,8,10-11H2,1-2H3. The van der Waals surface area contributed by atoms with Crippen LogP contribution in [0.2, 0.25) is 0 Å². The molecular weight excluding hydrogens is 240 g/mol. The van der Waals surface area contributed by atoms with Gasteiger partial charge in [0.2, 0.25) is 0 Å². The molecule has 1 N–H and O–H groups in total. The van der Waals surface area contributed by atoms with Crippen molar-refractivity contribution in [3.8, 4) is 5.75 Å². The molecule has 0 spiro atoms. The third-order valence-electron chi connectivity index (χ3n) is 3.60. The van der Waals surface area contributed by atoms with Gasteiger partial charge in [-0.3, -0.25) is 4.98 Å². The van der Waals surface area contributed by atoms with E-state index in [1.165, 1.54) is 6.42 Å². The van der Waals surface area contributed by atoms with Crippen LogP contribution in [0.4, 0.5) is 0 Å². The molecule has 19 heavy (non-hydrogen) atoms. The summed E-state index contributed by atoms with van der Waals surface area (Å²) in [5.41, 5.74) is 1.01. The Bertz CT molecular complexity index is 378. The zero-order valence-electron chi connectivity index (χ0n) is 11.9. The summed E-state index contributed by atoms with van der Waals surface area (Å²) in [6, 6.07) is 4.11. The predicted octanol–water partition coefficient (Wildman–Crippen LogP) is 2.56. The van der Waals surface area contributed by atoms with Crippen molar-refractivity contribution in [1.82, 2.24) is 10.3 Å². The molecule has 2 heterocycles. The normalized spacial score (nSPS) is 21.1. The van der Waals surface area contributed by atoms with Gasteiger partial charge in [-0.25, -0.2) is 0 Å². The van der Waals surface area contributed by atoms with Gasteiger partial charge >= 0.3 is 0 Å². The molecule has 0 aromatic carbocycles. The number of methoxy groups -OCH3 is 1. The predicted molar refractivity (Wildman–Crippen MR) is 75.4 cm³/mol. The molecule has 0 radical (unpaired) electrons. The summed E-state index contributed by atoms with van der Waals surface area (Å²) in [6.45, 7) is 4.86. The minimum absolute atomic E-state index is 0.219. The van der Waals surface area contributed by atoms with E-state index in [4.69, 9.17) is 9.47 Å². The fourth-order valence-corrected chi connectivity index (χ4v) is 2.62. The van der Waals surface area contributed by atoms with Crippen LogP contribution in [0, 0.1) is 5.92 Å². The van der Waals surface area contributed by atoms with E-state index in [0.29, 0.717) is 5.92 Å². The van der Waals surface area contributed by atoms with Crippen LogP contribution in [-0.4, -0.2) is 31.9 Å².